The summed E-state index contributed by atoms with van der Waals surface area (Å²) in [7, 11) is 0. The van der Waals surface area contributed by atoms with Crippen LogP contribution in [0.4, 0.5) is 5.69 Å². The summed E-state index contributed by atoms with van der Waals surface area (Å²) in [6.45, 7) is 4.00. The zero-order chi connectivity index (χ0) is 15.6. The van der Waals surface area contributed by atoms with Crippen LogP contribution in [0.1, 0.15) is 11.1 Å². The van der Waals surface area contributed by atoms with Gasteiger partial charge >= 0.3 is 0 Å². The van der Waals surface area contributed by atoms with Gasteiger partial charge in [-0.15, -0.1) is 0 Å². The Balaban J connectivity index is 2.42. The van der Waals surface area contributed by atoms with E-state index in [0.717, 1.165) is 42.5 Å². The highest BCUT2D eigenvalue weighted by Gasteiger charge is 2.20. The first kappa shape index (κ1) is 13.5. The van der Waals surface area contributed by atoms with E-state index in [-0.39, 0.29) is 10.6 Å². The topological polar surface area (TPSA) is 43.1 Å². The van der Waals surface area contributed by atoms with E-state index in [4.69, 9.17) is 0 Å². The standard InChI is InChI=1S/C18H12BrNO2/c1-9-7-15(19)13-5-3-12-10(2)8-16(20(21)22)14-6-4-11(9)17(13)18(12)14/h3-8H,1-2H3. The van der Waals surface area contributed by atoms with Gasteiger partial charge < -0.3 is 0 Å². The van der Waals surface area contributed by atoms with E-state index in [1.54, 1.807) is 6.07 Å². The number of benzene rings is 4. The van der Waals surface area contributed by atoms with Crippen LogP contribution >= 0.6 is 15.9 Å². The molecule has 4 aromatic carbocycles. The van der Waals surface area contributed by atoms with Crippen molar-refractivity contribution in [2.45, 2.75) is 13.8 Å². The van der Waals surface area contributed by atoms with E-state index in [0.29, 0.717) is 5.39 Å². The van der Waals surface area contributed by atoms with Gasteiger partial charge in [-0.25, -0.2) is 0 Å². The molecular formula is C18H12BrNO2. The molecule has 0 radical (unpaired) electrons. The molecule has 0 aliphatic heterocycles. The molecule has 0 amide bonds. The summed E-state index contributed by atoms with van der Waals surface area (Å²) in [5.41, 5.74) is 2.28. The summed E-state index contributed by atoms with van der Waals surface area (Å²) in [4.78, 5) is 11.1. The monoisotopic (exact) mass is 353 g/mol. The summed E-state index contributed by atoms with van der Waals surface area (Å²) in [6.07, 6.45) is 0. The van der Waals surface area contributed by atoms with Gasteiger partial charge in [-0.3, -0.25) is 10.1 Å². The third kappa shape index (κ3) is 1.61. The molecule has 0 atom stereocenters. The number of halogens is 1. The number of nitro benzene ring substituents is 1. The van der Waals surface area contributed by atoms with Gasteiger partial charge in [0, 0.05) is 15.9 Å². The van der Waals surface area contributed by atoms with Crippen molar-refractivity contribution in [1.82, 2.24) is 0 Å². The first-order valence-electron chi connectivity index (χ1n) is 7.00. The highest BCUT2D eigenvalue weighted by Crippen LogP contribution is 2.42. The molecule has 0 fully saturated rings. The third-order valence-electron chi connectivity index (χ3n) is 4.44. The van der Waals surface area contributed by atoms with Crippen LogP contribution in [0.25, 0.3) is 32.3 Å². The van der Waals surface area contributed by atoms with Crippen molar-refractivity contribution in [3.05, 3.63) is 62.1 Å². The average Bonchev–Trinajstić information content (AvgIpc) is 2.48. The molecule has 0 saturated carbocycles. The molecule has 0 aromatic heterocycles. The number of non-ortho nitro benzene ring substituents is 1. The van der Waals surface area contributed by atoms with E-state index in [1.165, 1.54) is 0 Å². The number of nitrogens with zero attached hydrogens (tertiary/aromatic N) is 1. The average molecular weight is 354 g/mol. The Labute approximate surface area is 135 Å². The zero-order valence-electron chi connectivity index (χ0n) is 12.1. The predicted octanol–water partition coefficient (Wildman–Crippen LogP) is 5.87. The minimum Gasteiger partial charge on any atom is -0.258 e. The van der Waals surface area contributed by atoms with E-state index >= 15 is 0 Å². The second-order valence-corrected chi connectivity index (χ2v) is 6.57. The Hall–Kier alpha value is -2.20. The molecule has 0 unspecified atom stereocenters. The maximum atomic E-state index is 11.4. The van der Waals surface area contributed by atoms with Crippen molar-refractivity contribution in [1.29, 1.82) is 0 Å². The number of nitro groups is 1. The Kier molecular flexibility index (Phi) is 2.69. The van der Waals surface area contributed by atoms with Crippen molar-refractivity contribution in [3.8, 4) is 0 Å². The zero-order valence-corrected chi connectivity index (χ0v) is 13.7. The van der Waals surface area contributed by atoms with Gasteiger partial charge in [-0.2, -0.15) is 0 Å². The Morgan fingerprint density at radius 1 is 0.864 bits per heavy atom. The molecular weight excluding hydrogens is 342 g/mol. The van der Waals surface area contributed by atoms with Crippen LogP contribution in [0.5, 0.6) is 0 Å². The lowest BCUT2D eigenvalue weighted by Gasteiger charge is -2.15. The van der Waals surface area contributed by atoms with Gasteiger partial charge in [-0.05, 0) is 58.7 Å². The summed E-state index contributed by atoms with van der Waals surface area (Å²) < 4.78 is 1.02. The van der Waals surface area contributed by atoms with Gasteiger partial charge in [0.15, 0.2) is 0 Å². The van der Waals surface area contributed by atoms with Gasteiger partial charge in [0.25, 0.3) is 5.69 Å². The van der Waals surface area contributed by atoms with Crippen LogP contribution in [0.3, 0.4) is 0 Å². The number of hydrogen-bond donors (Lipinski definition) is 0. The van der Waals surface area contributed by atoms with Gasteiger partial charge in [0.05, 0.1) is 10.3 Å². The fourth-order valence-electron chi connectivity index (χ4n) is 3.42. The van der Waals surface area contributed by atoms with Crippen LogP contribution in [0.15, 0.2) is 40.9 Å². The lowest BCUT2D eigenvalue weighted by molar-refractivity contribution is -0.383. The fourth-order valence-corrected chi connectivity index (χ4v) is 4.10. The number of rotatable bonds is 1. The minimum atomic E-state index is -0.291. The van der Waals surface area contributed by atoms with E-state index in [2.05, 4.69) is 41.1 Å². The van der Waals surface area contributed by atoms with Crippen LogP contribution in [0.2, 0.25) is 0 Å². The van der Waals surface area contributed by atoms with Gasteiger partial charge in [-0.1, -0.05) is 34.1 Å². The quantitative estimate of drug-likeness (QED) is 0.244. The van der Waals surface area contributed by atoms with E-state index in [1.807, 2.05) is 19.1 Å². The molecule has 0 aliphatic carbocycles. The lowest BCUT2D eigenvalue weighted by Crippen LogP contribution is -1.94. The normalized spacial score (nSPS) is 11.8. The second kappa shape index (κ2) is 4.40. The summed E-state index contributed by atoms with van der Waals surface area (Å²) in [5, 5.41) is 17.6. The molecule has 0 saturated heterocycles. The van der Waals surface area contributed by atoms with Crippen molar-refractivity contribution < 1.29 is 4.92 Å². The Morgan fingerprint density at radius 3 is 2.00 bits per heavy atom. The maximum Gasteiger partial charge on any atom is 0.277 e. The van der Waals surface area contributed by atoms with Crippen molar-refractivity contribution in [2.24, 2.45) is 0 Å². The first-order chi connectivity index (χ1) is 10.5. The van der Waals surface area contributed by atoms with E-state index < -0.39 is 0 Å². The minimum absolute atomic E-state index is 0.178. The smallest absolute Gasteiger partial charge is 0.258 e. The summed E-state index contributed by atoms with van der Waals surface area (Å²) in [5.74, 6) is 0. The molecule has 0 heterocycles. The van der Waals surface area contributed by atoms with Crippen LogP contribution in [-0.2, 0) is 0 Å². The van der Waals surface area contributed by atoms with Crippen LogP contribution < -0.4 is 0 Å². The molecule has 4 rings (SSSR count). The molecule has 22 heavy (non-hydrogen) atoms. The Morgan fingerprint density at radius 2 is 1.36 bits per heavy atom. The molecule has 108 valence electrons. The molecule has 3 nitrogen and oxygen atoms in total. The van der Waals surface area contributed by atoms with Gasteiger partial charge in [0.2, 0.25) is 0 Å². The molecule has 0 aliphatic rings. The fraction of sp³-hybridized carbons (Fsp3) is 0.111. The second-order valence-electron chi connectivity index (χ2n) is 5.72. The molecule has 4 heteroatoms. The van der Waals surface area contributed by atoms with Crippen molar-refractivity contribution >= 4 is 53.9 Å². The van der Waals surface area contributed by atoms with Crippen LogP contribution in [0, 0.1) is 24.0 Å². The summed E-state index contributed by atoms with van der Waals surface area (Å²) in [6, 6.07) is 11.8. The molecule has 0 N–H and O–H groups in total. The molecule has 4 aromatic rings. The lowest BCUT2D eigenvalue weighted by atomic mass is 9.90. The largest absolute Gasteiger partial charge is 0.277 e. The highest BCUT2D eigenvalue weighted by atomic mass is 79.9. The van der Waals surface area contributed by atoms with Crippen molar-refractivity contribution in [2.75, 3.05) is 0 Å². The molecule has 0 bridgehead atoms. The third-order valence-corrected chi connectivity index (χ3v) is 5.09. The van der Waals surface area contributed by atoms with E-state index in [9.17, 15) is 10.1 Å². The number of aryl methyl sites for hydroxylation is 2. The Bertz CT molecular complexity index is 1060. The first-order valence-corrected chi connectivity index (χ1v) is 7.80. The van der Waals surface area contributed by atoms with Crippen LogP contribution in [-0.4, -0.2) is 4.92 Å². The SMILES string of the molecule is Cc1cc(Br)c2ccc3c(C)cc([N+](=O)[O-])c4ccc1c2c34. The summed E-state index contributed by atoms with van der Waals surface area (Å²) >= 11 is 3.62. The van der Waals surface area contributed by atoms with Crippen molar-refractivity contribution in [3.63, 3.8) is 0 Å². The number of hydrogen-bond acceptors (Lipinski definition) is 2. The predicted molar refractivity (Wildman–Crippen MR) is 94.0 cm³/mol. The maximum absolute atomic E-state index is 11.4. The highest BCUT2D eigenvalue weighted by molar-refractivity contribution is 9.10. The molecule has 0 spiro atoms. The van der Waals surface area contributed by atoms with Gasteiger partial charge in [0.1, 0.15) is 0 Å².